The summed E-state index contributed by atoms with van der Waals surface area (Å²) < 4.78 is 105. The molecular formula is C96H204MoO18P6. The van der Waals surface area contributed by atoms with Gasteiger partial charge in [-0.1, -0.05) is 433 Å². The van der Waals surface area contributed by atoms with Crippen LogP contribution in [0.4, 0.5) is 0 Å². The minimum atomic E-state index is -3.69. The number of hydrogen-bond acceptors (Lipinski definition) is 18. The van der Waals surface area contributed by atoms with E-state index in [-0.39, 0.29) is 91.6 Å². The van der Waals surface area contributed by atoms with Crippen LogP contribution in [0.1, 0.15) is 551 Å². The van der Waals surface area contributed by atoms with E-state index in [1.54, 1.807) is 41.5 Å². The van der Waals surface area contributed by atoms with E-state index in [9.17, 15) is 56.8 Å². The SMILES string of the molecule is CCCCCCC(C)OP(=O)([O-])C(C)CCCCCC.CCCCCCC(C)OP(=O)([O-])C(C)CCCCCC.CCCCCCC(C)OP(=O)([O-])C(C)CCCCCC.CCCCCCC(C)OP(=O)([O-])C(C)CCCCCC.CCCCCCC(C)OP(=O)([O-])C(C)CCCCCC.CCCCCCC(C)OP(=O)([O-])C(C)CCCCCC.[Mo+6]. The molecule has 18 nitrogen and oxygen atoms in total. The third kappa shape index (κ3) is 89.2. The van der Waals surface area contributed by atoms with Crippen LogP contribution in [0.5, 0.6) is 0 Å². The third-order valence-electron chi connectivity index (χ3n) is 22.8. The van der Waals surface area contributed by atoms with Gasteiger partial charge in [-0.05, 0) is 119 Å². The van der Waals surface area contributed by atoms with Crippen LogP contribution >= 0.6 is 45.6 Å². The van der Waals surface area contributed by atoms with E-state index in [1.165, 1.54) is 193 Å². The molecule has 0 aromatic carbocycles. The smallest absolute Gasteiger partial charge is 0.778 e. The van der Waals surface area contributed by atoms with Crippen molar-refractivity contribution in [2.24, 2.45) is 0 Å². The minimum absolute atomic E-state index is 0. The maximum absolute atomic E-state index is 12.1. The summed E-state index contributed by atoms with van der Waals surface area (Å²) in [6.07, 6.45) is 63.0. The first-order chi connectivity index (χ1) is 56.6. The van der Waals surface area contributed by atoms with Crippen molar-refractivity contribution in [1.29, 1.82) is 0 Å². The topological polar surface area (TPSA) is 296 Å². The fraction of sp³-hybridized carbons (Fsp3) is 1.00. The van der Waals surface area contributed by atoms with Crippen molar-refractivity contribution >= 4 is 45.6 Å². The molecule has 121 heavy (non-hydrogen) atoms. The molecule has 18 unspecified atom stereocenters. The molecule has 0 spiro atoms. The molecule has 0 aliphatic rings. The quantitative estimate of drug-likeness (QED) is 0.0310. The van der Waals surface area contributed by atoms with Gasteiger partial charge >= 0.3 is 21.1 Å². The molecule has 0 aliphatic carbocycles. The van der Waals surface area contributed by atoms with Crippen LogP contribution < -0.4 is 29.4 Å². The fourth-order valence-electron chi connectivity index (χ4n) is 13.7. The van der Waals surface area contributed by atoms with Gasteiger partial charge in [0.15, 0.2) is 0 Å². The maximum atomic E-state index is 12.1. The molecule has 0 aromatic heterocycles. The first-order valence-corrected chi connectivity index (χ1v) is 60.2. The Balaban J connectivity index is -0.000000257. The van der Waals surface area contributed by atoms with Gasteiger partial charge < -0.3 is 83.9 Å². The van der Waals surface area contributed by atoms with Gasteiger partial charge in [0.05, 0.1) is 36.6 Å². The Bertz CT molecular complexity index is 2040. The predicted molar refractivity (Wildman–Crippen MR) is 511 cm³/mol. The van der Waals surface area contributed by atoms with Crippen LogP contribution in [0.25, 0.3) is 0 Å². The summed E-state index contributed by atoms with van der Waals surface area (Å²) in [5.74, 6) is 0. The molecule has 0 rings (SSSR count). The second-order valence-electron chi connectivity index (χ2n) is 36.0. The average Bonchev–Trinajstić information content (AvgIpc) is 0.910. The largest absolute Gasteiger partial charge is 6.00 e. The molecule has 0 aliphatic heterocycles. The molecule has 0 bridgehead atoms. The van der Waals surface area contributed by atoms with E-state index in [4.69, 9.17) is 27.1 Å². The molecule has 25 heteroatoms. The molecule has 0 saturated carbocycles. The predicted octanol–water partition coefficient (Wildman–Crippen LogP) is 31.6. The number of unbranched alkanes of at least 4 members (excludes halogenated alkanes) is 36. The Morgan fingerprint density at radius 1 is 0.157 bits per heavy atom. The Morgan fingerprint density at radius 3 is 0.322 bits per heavy atom. The molecule has 0 heterocycles. The van der Waals surface area contributed by atoms with Crippen LogP contribution in [-0.4, -0.2) is 70.6 Å². The summed E-state index contributed by atoms with van der Waals surface area (Å²) in [4.78, 5) is 72.6. The van der Waals surface area contributed by atoms with E-state index in [2.05, 4.69) is 83.1 Å². The van der Waals surface area contributed by atoms with E-state index in [1.807, 2.05) is 41.5 Å². The second-order valence-corrected chi connectivity index (χ2v) is 49.1. The van der Waals surface area contributed by atoms with Gasteiger partial charge in [0.1, 0.15) is 45.6 Å². The summed E-state index contributed by atoms with van der Waals surface area (Å²) in [6.45, 7) is 47.9. The summed E-state index contributed by atoms with van der Waals surface area (Å²) in [5, 5.41) is 0. The summed E-state index contributed by atoms with van der Waals surface area (Å²) in [5.41, 5.74) is -2.10. The molecule has 0 N–H and O–H groups in total. The van der Waals surface area contributed by atoms with Gasteiger partial charge in [0, 0.05) is 34.0 Å². The van der Waals surface area contributed by atoms with Crippen molar-refractivity contribution in [3.8, 4) is 0 Å². The molecular weight excluding hydrogens is 1720 g/mol. The van der Waals surface area contributed by atoms with Crippen molar-refractivity contribution in [2.75, 3.05) is 0 Å². The van der Waals surface area contributed by atoms with Crippen molar-refractivity contribution in [1.82, 2.24) is 0 Å². The van der Waals surface area contributed by atoms with Crippen LogP contribution in [0.3, 0.4) is 0 Å². The van der Waals surface area contributed by atoms with E-state index >= 15 is 0 Å². The fourth-order valence-corrected chi connectivity index (χ4v) is 21.6. The van der Waals surface area contributed by atoms with Crippen LogP contribution in [-0.2, 0) is 75.6 Å². The molecule has 0 saturated heterocycles. The molecule has 0 amide bonds. The zero-order chi connectivity index (χ0) is 92.6. The Hall–Kier alpha value is 1.59. The molecule has 0 radical (unpaired) electrons. The Morgan fingerprint density at radius 2 is 0.240 bits per heavy atom. The number of hydrogen-bond donors (Lipinski definition) is 0. The third-order valence-corrected chi connectivity index (χ3v) is 34.8. The van der Waals surface area contributed by atoms with E-state index in [0.29, 0.717) is 0 Å². The van der Waals surface area contributed by atoms with Crippen molar-refractivity contribution in [3.05, 3.63) is 0 Å². The molecule has 0 aromatic rings. The Kier molecular flexibility index (Phi) is 102. The minimum Gasteiger partial charge on any atom is -0.778 e. The van der Waals surface area contributed by atoms with Gasteiger partial charge in [-0.3, -0.25) is 0 Å². The van der Waals surface area contributed by atoms with Crippen molar-refractivity contribution < 1.29 is 105 Å². The standard InChI is InChI=1S/6C16H35O3P.Mo/c6*1-5-7-9-11-13-15(3)19-20(17,18)16(4)14-12-10-8-6-2;/h6*15-16H,5-14H2,1-4H3,(H,17,18);/q;;;;;;+6/p-6. The summed E-state index contributed by atoms with van der Waals surface area (Å²) in [7, 11) is -22.2. The maximum Gasteiger partial charge on any atom is 6.00 e. The van der Waals surface area contributed by atoms with Gasteiger partial charge in [-0.2, -0.15) is 0 Å². The van der Waals surface area contributed by atoms with Gasteiger partial charge in [-0.25, -0.2) is 0 Å². The van der Waals surface area contributed by atoms with Crippen LogP contribution in [0.2, 0.25) is 0 Å². The molecule has 732 valence electrons. The first kappa shape index (κ1) is 136. The summed E-state index contributed by atoms with van der Waals surface area (Å²) >= 11 is 0. The first-order valence-electron chi connectivity index (χ1n) is 50.6. The van der Waals surface area contributed by atoms with Crippen molar-refractivity contribution in [2.45, 2.75) is 622 Å². The van der Waals surface area contributed by atoms with Crippen LogP contribution in [0.15, 0.2) is 0 Å². The summed E-state index contributed by atoms with van der Waals surface area (Å²) in [6, 6.07) is 0. The number of rotatable bonds is 78. The van der Waals surface area contributed by atoms with Gasteiger partial charge in [0.2, 0.25) is 0 Å². The van der Waals surface area contributed by atoms with Gasteiger partial charge in [0.25, 0.3) is 0 Å². The van der Waals surface area contributed by atoms with Gasteiger partial charge in [-0.15, -0.1) is 0 Å². The van der Waals surface area contributed by atoms with Crippen molar-refractivity contribution in [3.63, 3.8) is 0 Å². The Labute approximate surface area is 767 Å². The average molecular weight is 1930 g/mol. The van der Waals surface area contributed by atoms with E-state index in [0.717, 1.165) is 193 Å². The zero-order valence-corrected chi connectivity index (χ0v) is 91.2. The molecule has 18 atom stereocenters. The monoisotopic (exact) mass is 1930 g/mol. The van der Waals surface area contributed by atoms with E-state index < -0.39 is 45.6 Å². The molecule has 0 fully saturated rings. The zero-order valence-electron chi connectivity index (χ0n) is 83.8. The van der Waals surface area contributed by atoms with Crippen LogP contribution in [0, 0.1) is 0 Å². The normalized spacial score (nSPS) is 17.5. The second kappa shape index (κ2) is 90.7.